The third-order valence-electron chi connectivity index (χ3n) is 3.31. The van der Waals surface area contributed by atoms with Crippen LogP contribution in [0, 0.1) is 17.3 Å². The maximum atomic E-state index is 11.8. The summed E-state index contributed by atoms with van der Waals surface area (Å²) in [6, 6.07) is -0.488. The number of rotatable bonds is 6. The quantitative estimate of drug-likeness (QED) is 0.584. The first-order valence-corrected chi connectivity index (χ1v) is 5.49. The molecular formula is C11H19NO5. The highest BCUT2D eigenvalue weighted by atomic mass is 16.5. The molecule has 0 aromatic rings. The largest absolute Gasteiger partial charge is 0.481 e. The van der Waals surface area contributed by atoms with Gasteiger partial charge in [-0.3, -0.25) is 9.59 Å². The summed E-state index contributed by atoms with van der Waals surface area (Å²) in [6.07, 6.45) is 0. The van der Waals surface area contributed by atoms with E-state index in [1.807, 2.05) is 0 Å². The number of nitrogens with one attached hydrogen (secondary N) is 1. The van der Waals surface area contributed by atoms with Crippen molar-refractivity contribution in [2.75, 3.05) is 20.3 Å². The molecule has 0 aromatic heterocycles. The summed E-state index contributed by atoms with van der Waals surface area (Å²) < 4.78 is 4.83. The standard InChI is InChI=1S/C11H19NO5/c1-11(2)7(8(11)10(15)16)9(14)12-6(4-13)5-17-3/h6-8,13H,4-5H2,1-3H3,(H,12,14)(H,15,16)/t6?,7-,8+/m1/s1. The summed E-state index contributed by atoms with van der Waals surface area (Å²) >= 11 is 0. The third-order valence-corrected chi connectivity index (χ3v) is 3.31. The van der Waals surface area contributed by atoms with Crippen LogP contribution in [0.2, 0.25) is 0 Å². The average molecular weight is 245 g/mol. The van der Waals surface area contributed by atoms with E-state index in [1.165, 1.54) is 7.11 Å². The molecule has 1 rings (SSSR count). The van der Waals surface area contributed by atoms with Crippen LogP contribution in [-0.2, 0) is 14.3 Å². The van der Waals surface area contributed by atoms with Crippen LogP contribution < -0.4 is 5.32 Å². The molecule has 0 aromatic carbocycles. The second-order valence-electron chi connectivity index (χ2n) is 4.96. The number of amides is 1. The summed E-state index contributed by atoms with van der Waals surface area (Å²) in [7, 11) is 1.47. The van der Waals surface area contributed by atoms with Gasteiger partial charge in [-0.05, 0) is 5.41 Å². The summed E-state index contributed by atoms with van der Waals surface area (Å²) in [5, 5.41) is 20.5. The lowest BCUT2D eigenvalue weighted by Crippen LogP contribution is -2.42. The number of hydrogen-bond acceptors (Lipinski definition) is 4. The van der Waals surface area contributed by atoms with Crippen LogP contribution in [0.5, 0.6) is 0 Å². The van der Waals surface area contributed by atoms with Crippen LogP contribution in [0.1, 0.15) is 13.8 Å². The van der Waals surface area contributed by atoms with E-state index in [1.54, 1.807) is 13.8 Å². The van der Waals surface area contributed by atoms with E-state index < -0.39 is 29.3 Å². The van der Waals surface area contributed by atoms with Crippen LogP contribution in [0.4, 0.5) is 0 Å². The molecule has 0 aliphatic heterocycles. The monoisotopic (exact) mass is 245 g/mol. The van der Waals surface area contributed by atoms with Crippen LogP contribution in [0.3, 0.4) is 0 Å². The SMILES string of the molecule is COCC(CO)NC(=O)[C@H]1[C@@H](C(=O)O)C1(C)C. The zero-order valence-corrected chi connectivity index (χ0v) is 10.3. The van der Waals surface area contributed by atoms with Crippen molar-refractivity contribution in [1.29, 1.82) is 0 Å². The molecule has 1 unspecified atom stereocenters. The number of carbonyl (C=O) groups excluding carboxylic acids is 1. The van der Waals surface area contributed by atoms with Gasteiger partial charge in [0.1, 0.15) is 0 Å². The van der Waals surface area contributed by atoms with Crippen molar-refractivity contribution in [2.45, 2.75) is 19.9 Å². The minimum atomic E-state index is -0.956. The Morgan fingerprint density at radius 3 is 2.35 bits per heavy atom. The number of carboxylic acids is 1. The fourth-order valence-corrected chi connectivity index (χ4v) is 2.22. The first-order chi connectivity index (χ1) is 7.86. The summed E-state index contributed by atoms with van der Waals surface area (Å²) in [5.74, 6) is -2.48. The average Bonchev–Trinajstić information content (AvgIpc) is 2.81. The van der Waals surface area contributed by atoms with Crippen molar-refractivity contribution in [2.24, 2.45) is 17.3 Å². The lowest BCUT2D eigenvalue weighted by atomic mass is 10.1. The van der Waals surface area contributed by atoms with Gasteiger partial charge in [-0.15, -0.1) is 0 Å². The Balaban J connectivity index is 2.58. The second-order valence-corrected chi connectivity index (χ2v) is 4.96. The third kappa shape index (κ3) is 2.76. The Labute approximate surface area is 100.0 Å². The van der Waals surface area contributed by atoms with Crippen LogP contribution in [-0.4, -0.2) is 48.5 Å². The molecule has 3 atom stereocenters. The number of aliphatic carboxylic acids is 1. The van der Waals surface area contributed by atoms with Crippen LogP contribution in [0.25, 0.3) is 0 Å². The summed E-state index contributed by atoms with van der Waals surface area (Å²) in [6.45, 7) is 3.47. The molecule has 1 aliphatic rings. The van der Waals surface area contributed by atoms with Gasteiger partial charge < -0.3 is 20.3 Å². The lowest BCUT2D eigenvalue weighted by Gasteiger charge is -2.15. The summed E-state index contributed by atoms with van der Waals surface area (Å²) in [4.78, 5) is 22.8. The minimum Gasteiger partial charge on any atom is -0.481 e. The smallest absolute Gasteiger partial charge is 0.307 e. The molecule has 0 saturated heterocycles. The minimum absolute atomic E-state index is 0.202. The number of methoxy groups -OCH3 is 1. The molecule has 6 heteroatoms. The zero-order chi connectivity index (χ0) is 13.2. The molecule has 0 bridgehead atoms. The summed E-state index contributed by atoms with van der Waals surface area (Å²) in [5.41, 5.74) is -0.525. The van der Waals surface area contributed by atoms with Gasteiger partial charge >= 0.3 is 5.97 Å². The van der Waals surface area contributed by atoms with Gasteiger partial charge in [0.25, 0.3) is 0 Å². The lowest BCUT2D eigenvalue weighted by molar-refractivity contribution is -0.140. The molecular weight excluding hydrogens is 226 g/mol. The predicted octanol–water partition coefficient (Wildman–Crippen LogP) is -0.533. The molecule has 1 fully saturated rings. The Morgan fingerprint density at radius 1 is 1.41 bits per heavy atom. The van der Waals surface area contributed by atoms with Gasteiger partial charge in [-0.25, -0.2) is 0 Å². The Morgan fingerprint density at radius 2 is 2.00 bits per heavy atom. The van der Waals surface area contributed by atoms with Gasteiger partial charge in [0.15, 0.2) is 0 Å². The van der Waals surface area contributed by atoms with E-state index in [0.29, 0.717) is 0 Å². The molecule has 1 saturated carbocycles. The van der Waals surface area contributed by atoms with Crippen molar-refractivity contribution in [3.63, 3.8) is 0 Å². The Kier molecular flexibility index (Phi) is 4.11. The number of aliphatic hydroxyl groups excluding tert-OH is 1. The molecule has 17 heavy (non-hydrogen) atoms. The highest BCUT2D eigenvalue weighted by molar-refractivity contribution is 5.91. The number of carboxylic acid groups (broad SMARTS) is 1. The maximum Gasteiger partial charge on any atom is 0.307 e. The van der Waals surface area contributed by atoms with Crippen LogP contribution >= 0.6 is 0 Å². The highest BCUT2D eigenvalue weighted by Crippen LogP contribution is 2.58. The molecule has 98 valence electrons. The normalized spacial score (nSPS) is 27.3. The van der Waals surface area contributed by atoms with Crippen molar-refractivity contribution >= 4 is 11.9 Å². The van der Waals surface area contributed by atoms with Crippen LogP contribution in [0.15, 0.2) is 0 Å². The molecule has 1 amide bonds. The van der Waals surface area contributed by atoms with E-state index in [0.717, 1.165) is 0 Å². The van der Waals surface area contributed by atoms with Gasteiger partial charge in [0.2, 0.25) is 5.91 Å². The first kappa shape index (κ1) is 13.9. The number of ether oxygens (including phenoxy) is 1. The molecule has 6 nitrogen and oxygen atoms in total. The van der Waals surface area contributed by atoms with Crippen molar-refractivity contribution in [3.8, 4) is 0 Å². The molecule has 0 spiro atoms. The molecule has 0 radical (unpaired) electrons. The predicted molar refractivity (Wildman–Crippen MR) is 59.3 cm³/mol. The number of aliphatic hydroxyl groups is 1. The van der Waals surface area contributed by atoms with Crippen molar-refractivity contribution < 1.29 is 24.5 Å². The molecule has 3 N–H and O–H groups in total. The maximum absolute atomic E-state index is 11.8. The van der Waals surface area contributed by atoms with Crippen molar-refractivity contribution in [3.05, 3.63) is 0 Å². The first-order valence-electron chi connectivity index (χ1n) is 5.49. The van der Waals surface area contributed by atoms with Gasteiger partial charge in [-0.1, -0.05) is 13.8 Å². The van der Waals surface area contributed by atoms with Gasteiger partial charge in [0, 0.05) is 7.11 Å². The number of carbonyl (C=O) groups is 2. The van der Waals surface area contributed by atoms with E-state index >= 15 is 0 Å². The topological polar surface area (TPSA) is 95.9 Å². The van der Waals surface area contributed by atoms with E-state index in [4.69, 9.17) is 14.9 Å². The fraction of sp³-hybridized carbons (Fsp3) is 0.818. The van der Waals surface area contributed by atoms with Gasteiger partial charge in [0.05, 0.1) is 31.1 Å². The molecule has 1 aliphatic carbocycles. The fourth-order valence-electron chi connectivity index (χ4n) is 2.22. The van der Waals surface area contributed by atoms with E-state index in [2.05, 4.69) is 5.32 Å². The van der Waals surface area contributed by atoms with E-state index in [-0.39, 0.29) is 19.1 Å². The Bertz CT molecular complexity index is 315. The number of hydrogen-bond donors (Lipinski definition) is 3. The zero-order valence-electron chi connectivity index (χ0n) is 10.3. The second kappa shape index (κ2) is 5.01. The Hall–Kier alpha value is -1.14. The van der Waals surface area contributed by atoms with E-state index in [9.17, 15) is 9.59 Å². The van der Waals surface area contributed by atoms with Crippen molar-refractivity contribution in [1.82, 2.24) is 5.32 Å². The highest BCUT2D eigenvalue weighted by Gasteiger charge is 2.65. The van der Waals surface area contributed by atoms with Gasteiger partial charge in [-0.2, -0.15) is 0 Å². The molecule has 0 heterocycles.